The highest BCUT2D eigenvalue weighted by Gasteiger charge is 2.41. The van der Waals surface area contributed by atoms with Crippen LogP contribution in [0.5, 0.6) is 5.75 Å². The molecule has 2 atom stereocenters. The van der Waals surface area contributed by atoms with Crippen LogP contribution in [0.25, 0.3) is 16.8 Å². The molecule has 4 heterocycles. The van der Waals surface area contributed by atoms with Crippen molar-refractivity contribution in [2.75, 3.05) is 0 Å². The first-order valence-corrected chi connectivity index (χ1v) is 11.3. The molecule has 0 radical (unpaired) electrons. The van der Waals surface area contributed by atoms with Crippen molar-refractivity contribution in [2.24, 2.45) is 0 Å². The van der Waals surface area contributed by atoms with Crippen molar-refractivity contribution < 1.29 is 23.0 Å². The Balaban J connectivity index is 1.51. The molecule has 35 heavy (non-hydrogen) atoms. The van der Waals surface area contributed by atoms with Gasteiger partial charge in [0.1, 0.15) is 22.8 Å². The second kappa shape index (κ2) is 7.76. The molecule has 1 aliphatic carbocycles. The predicted molar refractivity (Wildman–Crippen MR) is 121 cm³/mol. The van der Waals surface area contributed by atoms with E-state index in [1.807, 2.05) is 10.5 Å². The van der Waals surface area contributed by atoms with Gasteiger partial charge in [-0.2, -0.15) is 8.78 Å². The van der Waals surface area contributed by atoms with E-state index in [0.29, 0.717) is 29.7 Å². The van der Waals surface area contributed by atoms with Crippen LogP contribution in [0.3, 0.4) is 0 Å². The average molecular weight is 481 g/mol. The molecular formula is C25H22F3N5O2. The Bertz CT molecular complexity index is 1450. The first-order chi connectivity index (χ1) is 16.7. The Morgan fingerprint density at radius 3 is 2.71 bits per heavy atom. The summed E-state index contributed by atoms with van der Waals surface area (Å²) in [6, 6.07) is 6.42. The fourth-order valence-corrected chi connectivity index (χ4v) is 5.16. The molecule has 0 amide bonds. The topological polar surface area (TPSA) is 84.6 Å². The first kappa shape index (κ1) is 22.0. The molecule has 2 aliphatic rings. The maximum absolute atomic E-state index is 15.1. The molecule has 6 rings (SSSR count). The molecule has 10 heteroatoms. The van der Waals surface area contributed by atoms with Gasteiger partial charge >= 0.3 is 6.61 Å². The zero-order valence-electron chi connectivity index (χ0n) is 19.0. The Morgan fingerprint density at radius 2 is 2.00 bits per heavy atom. The van der Waals surface area contributed by atoms with Gasteiger partial charge in [0.25, 0.3) is 0 Å². The van der Waals surface area contributed by atoms with Gasteiger partial charge in [-0.15, -0.1) is 0 Å². The van der Waals surface area contributed by atoms with Gasteiger partial charge in [0, 0.05) is 53.8 Å². The normalized spacial score (nSPS) is 19.1. The SMILES string of the molecule is CC(C)(O)c1ncc(-c2cn3c4c(nc3cc2F)[C@H]2C[C@@H]4c3c(cccc3OC(F)F)CN2)cn1. The number of imidazole rings is 1. The fraction of sp³-hybridized carbons (Fsp3) is 0.320. The van der Waals surface area contributed by atoms with E-state index < -0.39 is 18.0 Å². The molecular weight excluding hydrogens is 459 g/mol. The molecule has 3 aromatic heterocycles. The molecule has 180 valence electrons. The van der Waals surface area contributed by atoms with Gasteiger partial charge in [-0.3, -0.25) is 0 Å². The predicted octanol–water partition coefficient (Wildman–Crippen LogP) is 4.44. The van der Waals surface area contributed by atoms with Gasteiger partial charge in [-0.1, -0.05) is 12.1 Å². The lowest BCUT2D eigenvalue weighted by atomic mass is 9.91. The summed E-state index contributed by atoms with van der Waals surface area (Å²) in [4.78, 5) is 13.1. The Morgan fingerprint density at radius 1 is 1.23 bits per heavy atom. The minimum atomic E-state index is -2.94. The third kappa shape index (κ3) is 3.55. The summed E-state index contributed by atoms with van der Waals surface area (Å²) in [5.74, 6) is -0.368. The standard InChI is InChI=1S/C25H22F3N5O2/c1-25(2,34)23-30-9-13(10-31-23)15-11-33-19(7-16(15)26)32-21-17-6-14(22(21)33)20-12(8-29-17)4-3-5-18(20)35-24(27)28/h3-5,7,9-11,14,17,24,29,34H,6,8H2,1-2H3/t14-,17-/m1/s1. The Hall–Kier alpha value is -3.50. The zero-order chi connectivity index (χ0) is 24.5. The van der Waals surface area contributed by atoms with Crippen LogP contribution in [0.2, 0.25) is 0 Å². The number of fused-ring (bicyclic) bond motifs is 9. The Kier molecular flexibility index (Phi) is 4.87. The third-order valence-electron chi connectivity index (χ3n) is 6.68. The van der Waals surface area contributed by atoms with Gasteiger partial charge in [-0.05, 0) is 31.9 Å². The second-order valence-corrected chi connectivity index (χ2v) is 9.43. The molecule has 2 bridgehead atoms. The van der Waals surface area contributed by atoms with Gasteiger partial charge < -0.3 is 19.6 Å². The van der Waals surface area contributed by atoms with Crippen LogP contribution < -0.4 is 10.1 Å². The van der Waals surface area contributed by atoms with E-state index in [0.717, 1.165) is 17.0 Å². The summed E-state index contributed by atoms with van der Waals surface area (Å²) < 4.78 is 48.2. The number of aliphatic hydroxyl groups is 1. The highest BCUT2D eigenvalue weighted by Crippen LogP contribution is 2.50. The van der Waals surface area contributed by atoms with Gasteiger partial charge in [0.15, 0.2) is 5.82 Å². The second-order valence-electron chi connectivity index (χ2n) is 9.43. The molecule has 7 nitrogen and oxygen atoms in total. The van der Waals surface area contributed by atoms with Crippen LogP contribution in [-0.2, 0) is 12.1 Å². The van der Waals surface area contributed by atoms with E-state index >= 15 is 4.39 Å². The van der Waals surface area contributed by atoms with Crippen molar-refractivity contribution >= 4 is 5.65 Å². The minimum absolute atomic E-state index is 0.0948. The summed E-state index contributed by atoms with van der Waals surface area (Å²) >= 11 is 0. The molecule has 0 saturated heterocycles. The van der Waals surface area contributed by atoms with E-state index in [2.05, 4.69) is 15.3 Å². The number of hydrogen-bond acceptors (Lipinski definition) is 6. The summed E-state index contributed by atoms with van der Waals surface area (Å²) in [6.45, 7) is 0.697. The number of benzene rings is 1. The van der Waals surface area contributed by atoms with E-state index in [-0.39, 0.29) is 29.1 Å². The monoisotopic (exact) mass is 481 g/mol. The third-order valence-corrected chi connectivity index (χ3v) is 6.68. The lowest BCUT2D eigenvalue weighted by molar-refractivity contribution is -0.0506. The van der Waals surface area contributed by atoms with Crippen LogP contribution in [0.1, 0.15) is 60.6 Å². The average Bonchev–Trinajstić information content (AvgIpc) is 3.25. The van der Waals surface area contributed by atoms with Crippen LogP contribution in [0.15, 0.2) is 42.9 Å². The number of ether oxygens (including phenoxy) is 1. The fourth-order valence-electron chi connectivity index (χ4n) is 5.16. The number of aromatic nitrogens is 4. The number of pyridine rings is 1. The zero-order valence-corrected chi connectivity index (χ0v) is 19.0. The summed E-state index contributed by atoms with van der Waals surface area (Å²) in [6.07, 6.45) is 5.21. The highest BCUT2D eigenvalue weighted by molar-refractivity contribution is 5.66. The van der Waals surface area contributed by atoms with Crippen LogP contribution >= 0.6 is 0 Å². The van der Waals surface area contributed by atoms with E-state index in [9.17, 15) is 13.9 Å². The lowest BCUT2D eigenvalue weighted by Gasteiger charge is -2.20. The number of rotatable bonds is 4. The van der Waals surface area contributed by atoms with Crippen molar-refractivity contribution in [3.63, 3.8) is 0 Å². The smallest absolute Gasteiger partial charge is 0.387 e. The van der Waals surface area contributed by atoms with Crippen molar-refractivity contribution in [1.29, 1.82) is 0 Å². The van der Waals surface area contributed by atoms with Crippen molar-refractivity contribution in [3.8, 4) is 16.9 Å². The quantitative estimate of drug-likeness (QED) is 0.449. The number of halogens is 3. The molecule has 1 aromatic carbocycles. The number of alkyl halides is 2. The van der Waals surface area contributed by atoms with Crippen molar-refractivity contribution in [1.82, 2.24) is 24.7 Å². The summed E-state index contributed by atoms with van der Waals surface area (Å²) in [7, 11) is 0. The Labute approximate surface area is 198 Å². The number of nitrogens with zero attached hydrogens (tertiary/aromatic N) is 4. The van der Waals surface area contributed by atoms with Crippen LogP contribution in [0.4, 0.5) is 13.2 Å². The number of nitrogens with one attached hydrogen (secondary N) is 1. The molecule has 2 N–H and O–H groups in total. The van der Waals surface area contributed by atoms with E-state index in [4.69, 9.17) is 9.72 Å². The molecule has 0 spiro atoms. The van der Waals surface area contributed by atoms with Crippen molar-refractivity contribution in [2.45, 2.75) is 51.0 Å². The van der Waals surface area contributed by atoms with Crippen LogP contribution in [-0.4, -0.2) is 31.1 Å². The summed E-state index contributed by atoms with van der Waals surface area (Å²) in [5, 5.41) is 13.6. The largest absolute Gasteiger partial charge is 0.435 e. The van der Waals surface area contributed by atoms with Crippen LogP contribution in [0, 0.1) is 5.82 Å². The lowest BCUT2D eigenvalue weighted by Crippen LogP contribution is -2.19. The minimum Gasteiger partial charge on any atom is -0.435 e. The molecule has 4 aromatic rings. The van der Waals surface area contributed by atoms with Gasteiger partial charge in [-0.25, -0.2) is 19.3 Å². The molecule has 0 fully saturated rings. The highest BCUT2D eigenvalue weighted by atomic mass is 19.3. The first-order valence-electron chi connectivity index (χ1n) is 11.3. The maximum atomic E-state index is 15.1. The number of hydrogen-bond donors (Lipinski definition) is 2. The maximum Gasteiger partial charge on any atom is 0.387 e. The molecule has 1 aliphatic heterocycles. The van der Waals surface area contributed by atoms with E-state index in [1.165, 1.54) is 18.5 Å². The summed E-state index contributed by atoms with van der Waals surface area (Å²) in [5.41, 5.74) is 3.10. The van der Waals surface area contributed by atoms with Crippen molar-refractivity contribution in [3.05, 3.63) is 77.0 Å². The van der Waals surface area contributed by atoms with E-state index in [1.54, 1.807) is 32.2 Å². The molecule has 0 saturated carbocycles. The molecule has 0 unspecified atom stereocenters. The van der Waals surface area contributed by atoms with Gasteiger partial charge in [0.05, 0.1) is 17.4 Å². The van der Waals surface area contributed by atoms with Gasteiger partial charge in [0.2, 0.25) is 0 Å².